The Morgan fingerprint density at radius 1 is 1.40 bits per heavy atom. The van der Waals surface area contributed by atoms with Crippen LogP contribution in [-0.4, -0.2) is 17.8 Å². The molecule has 0 bridgehead atoms. The van der Waals surface area contributed by atoms with Gasteiger partial charge in [0.2, 0.25) is 0 Å². The van der Waals surface area contributed by atoms with Crippen LogP contribution in [0, 0.1) is 11.6 Å². The molecule has 0 atom stereocenters. The zero-order chi connectivity index (χ0) is 11.1. The summed E-state index contributed by atoms with van der Waals surface area (Å²) in [6, 6.07) is 3.50. The van der Waals surface area contributed by atoms with E-state index in [4.69, 9.17) is 5.73 Å². The topological polar surface area (TPSA) is 46.2 Å². The van der Waals surface area contributed by atoms with Gasteiger partial charge >= 0.3 is 0 Å². The third kappa shape index (κ3) is 1.64. The van der Waals surface area contributed by atoms with E-state index < -0.39 is 23.2 Å². The first kappa shape index (κ1) is 10.5. The van der Waals surface area contributed by atoms with Gasteiger partial charge in [0.1, 0.15) is 11.6 Å². The second-order valence-electron chi connectivity index (χ2n) is 4.17. The number of rotatable bonds is 2. The second kappa shape index (κ2) is 3.54. The third-order valence-corrected chi connectivity index (χ3v) is 3.15. The van der Waals surface area contributed by atoms with Gasteiger partial charge in [-0.25, -0.2) is 8.78 Å². The van der Waals surface area contributed by atoms with Gasteiger partial charge in [0.05, 0.1) is 6.10 Å². The Labute approximate surface area is 86.7 Å². The van der Waals surface area contributed by atoms with Gasteiger partial charge in [0, 0.05) is 18.0 Å². The predicted molar refractivity (Wildman–Crippen MR) is 52.3 cm³/mol. The summed E-state index contributed by atoms with van der Waals surface area (Å²) >= 11 is 0. The molecule has 0 aromatic heterocycles. The summed E-state index contributed by atoms with van der Waals surface area (Å²) in [6.07, 6.45) is 0.482. The van der Waals surface area contributed by atoms with Gasteiger partial charge < -0.3 is 10.8 Å². The largest absolute Gasteiger partial charge is 0.393 e. The van der Waals surface area contributed by atoms with E-state index in [0.717, 1.165) is 6.07 Å². The van der Waals surface area contributed by atoms with Crippen LogP contribution in [0.25, 0.3) is 0 Å². The van der Waals surface area contributed by atoms with E-state index >= 15 is 0 Å². The lowest BCUT2D eigenvalue weighted by molar-refractivity contribution is 0.0205. The first-order valence-electron chi connectivity index (χ1n) is 4.91. The van der Waals surface area contributed by atoms with Crippen LogP contribution in [0.3, 0.4) is 0 Å². The summed E-state index contributed by atoms with van der Waals surface area (Å²) in [6.45, 7) is 0.270. The van der Waals surface area contributed by atoms with Crippen LogP contribution in [0.5, 0.6) is 0 Å². The number of halogens is 2. The average Bonchev–Trinajstić information content (AvgIpc) is 2.13. The van der Waals surface area contributed by atoms with E-state index in [0.29, 0.717) is 18.4 Å². The minimum absolute atomic E-state index is 0.270. The monoisotopic (exact) mass is 213 g/mol. The lowest BCUT2D eigenvalue weighted by atomic mass is 9.62. The molecule has 1 fully saturated rings. The number of aliphatic hydroxyl groups is 1. The highest BCUT2D eigenvalue weighted by molar-refractivity contribution is 5.31. The van der Waals surface area contributed by atoms with E-state index in [9.17, 15) is 13.9 Å². The van der Waals surface area contributed by atoms with Crippen LogP contribution in [0.1, 0.15) is 18.4 Å². The Morgan fingerprint density at radius 3 is 2.53 bits per heavy atom. The molecule has 1 aromatic rings. The molecular weight excluding hydrogens is 200 g/mol. The van der Waals surface area contributed by atoms with Gasteiger partial charge in [0.15, 0.2) is 0 Å². The van der Waals surface area contributed by atoms with E-state index in [1.807, 2.05) is 0 Å². The standard InChI is InChI=1S/C11H13F2NO/c12-7-1-2-9(10(13)3-7)11(6-14)4-8(15)5-11/h1-3,8,15H,4-6,14H2. The quantitative estimate of drug-likeness (QED) is 0.778. The van der Waals surface area contributed by atoms with Crippen molar-refractivity contribution in [2.45, 2.75) is 24.4 Å². The fraction of sp³-hybridized carbons (Fsp3) is 0.455. The molecule has 0 unspecified atom stereocenters. The zero-order valence-electron chi connectivity index (χ0n) is 8.21. The molecule has 4 heteroatoms. The van der Waals surface area contributed by atoms with Crippen molar-refractivity contribution in [1.82, 2.24) is 0 Å². The van der Waals surface area contributed by atoms with Crippen molar-refractivity contribution in [3.05, 3.63) is 35.4 Å². The molecule has 3 N–H and O–H groups in total. The summed E-state index contributed by atoms with van der Waals surface area (Å²) < 4.78 is 26.2. The van der Waals surface area contributed by atoms with Crippen molar-refractivity contribution in [2.24, 2.45) is 5.73 Å². The maximum atomic E-state index is 13.5. The van der Waals surface area contributed by atoms with Crippen molar-refractivity contribution in [1.29, 1.82) is 0 Å². The number of hydrogen-bond donors (Lipinski definition) is 2. The first-order valence-corrected chi connectivity index (χ1v) is 4.91. The van der Waals surface area contributed by atoms with Gasteiger partial charge in [-0.1, -0.05) is 6.07 Å². The fourth-order valence-corrected chi connectivity index (χ4v) is 2.26. The van der Waals surface area contributed by atoms with Crippen molar-refractivity contribution in [3.8, 4) is 0 Å². The van der Waals surface area contributed by atoms with E-state index in [-0.39, 0.29) is 6.54 Å². The van der Waals surface area contributed by atoms with Gasteiger partial charge in [0.25, 0.3) is 0 Å². The average molecular weight is 213 g/mol. The maximum Gasteiger partial charge on any atom is 0.129 e. The van der Waals surface area contributed by atoms with Crippen molar-refractivity contribution >= 4 is 0 Å². The molecule has 0 heterocycles. The van der Waals surface area contributed by atoms with Crippen LogP contribution in [0.2, 0.25) is 0 Å². The molecular formula is C11H13F2NO. The first-order chi connectivity index (χ1) is 7.07. The van der Waals surface area contributed by atoms with E-state index in [1.165, 1.54) is 12.1 Å². The SMILES string of the molecule is NCC1(c2ccc(F)cc2F)CC(O)C1. The summed E-state index contributed by atoms with van der Waals surface area (Å²) in [5, 5.41) is 9.27. The minimum atomic E-state index is -0.594. The minimum Gasteiger partial charge on any atom is -0.393 e. The zero-order valence-corrected chi connectivity index (χ0v) is 8.21. The molecule has 1 aliphatic carbocycles. The number of nitrogens with two attached hydrogens (primary N) is 1. The Morgan fingerprint density at radius 2 is 2.07 bits per heavy atom. The molecule has 1 saturated carbocycles. The summed E-state index contributed by atoms with van der Waals surface area (Å²) in [7, 11) is 0. The second-order valence-corrected chi connectivity index (χ2v) is 4.17. The van der Waals surface area contributed by atoms with Crippen LogP contribution in [-0.2, 0) is 5.41 Å². The highest BCUT2D eigenvalue weighted by atomic mass is 19.1. The normalized spacial score (nSPS) is 30.0. The molecule has 1 aromatic carbocycles. The molecule has 2 rings (SSSR count). The summed E-state index contributed by atoms with van der Waals surface area (Å²) in [4.78, 5) is 0. The smallest absolute Gasteiger partial charge is 0.129 e. The molecule has 0 aliphatic heterocycles. The van der Waals surface area contributed by atoms with E-state index in [2.05, 4.69) is 0 Å². The molecule has 82 valence electrons. The van der Waals surface area contributed by atoms with Gasteiger partial charge in [-0.15, -0.1) is 0 Å². The van der Waals surface area contributed by atoms with Gasteiger partial charge in [-0.3, -0.25) is 0 Å². The molecule has 0 radical (unpaired) electrons. The van der Waals surface area contributed by atoms with Crippen LogP contribution in [0.4, 0.5) is 8.78 Å². The van der Waals surface area contributed by atoms with Gasteiger partial charge in [-0.05, 0) is 24.5 Å². The Bertz CT molecular complexity index is 375. The number of aliphatic hydroxyl groups excluding tert-OH is 1. The lowest BCUT2D eigenvalue weighted by Crippen LogP contribution is -2.50. The number of benzene rings is 1. The Kier molecular flexibility index (Phi) is 2.48. The molecule has 0 saturated heterocycles. The fourth-order valence-electron chi connectivity index (χ4n) is 2.26. The summed E-state index contributed by atoms with van der Waals surface area (Å²) in [5.41, 5.74) is 5.51. The van der Waals surface area contributed by atoms with Crippen LogP contribution >= 0.6 is 0 Å². The van der Waals surface area contributed by atoms with Crippen molar-refractivity contribution in [2.75, 3.05) is 6.54 Å². The lowest BCUT2D eigenvalue weighted by Gasteiger charge is -2.45. The Hall–Kier alpha value is -1.00. The van der Waals surface area contributed by atoms with Crippen LogP contribution in [0.15, 0.2) is 18.2 Å². The number of hydrogen-bond acceptors (Lipinski definition) is 2. The van der Waals surface area contributed by atoms with Crippen molar-refractivity contribution in [3.63, 3.8) is 0 Å². The van der Waals surface area contributed by atoms with Gasteiger partial charge in [-0.2, -0.15) is 0 Å². The molecule has 0 amide bonds. The molecule has 15 heavy (non-hydrogen) atoms. The highest BCUT2D eigenvalue weighted by Gasteiger charge is 2.45. The predicted octanol–water partition coefficient (Wildman–Crippen LogP) is 1.32. The third-order valence-electron chi connectivity index (χ3n) is 3.15. The summed E-state index contributed by atoms with van der Waals surface area (Å²) in [5.74, 6) is -1.17. The highest BCUT2D eigenvalue weighted by Crippen LogP contribution is 2.44. The molecule has 2 nitrogen and oxygen atoms in total. The molecule has 1 aliphatic rings. The van der Waals surface area contributed by atoms with Crippen molar-refractivity contribution < 1.29 is 13.9 Å². The molecule has 0 spiro atoms. The van der Waals surface area contributed by atoms with E-state index in [1.54, 1.807) is 0 Å². The van der Waals surface area contributed by atoms with Crippen LogP contribution < -0.4 is 5.73 Å². The maximum absolute atomic E-state index is 13.5. The Balaban J connectivity index is 2.36.